The summed E-state index contributed by atoms with van der Waals surface area (Å²) in [5.41, 5.74) is 6.89. The zero-order chi connectivity index (χ0) is 15.1. The van der Waals surface area contributed by atoms with Crippen molar-refractivity contribution in [2.45, 2.75) is 26.0 Å². The third-order valence-corrected chi connectivity index (χ3v) is 3.32. The van der Waals surface area contributed by atoms with Gasteiger partial charge < -0.3 is 25.9 Å². The van der Waals surface area contributed by atoms with Crippen molar-refractivity contribution in [3.63, 3.8) is 0 Å². The van der Waals surface area contributed by atoms with Crippen molar-refractivity contribution in [2.24, 2.45) is 0 Å². The Morgan fingerprint density at radius 3 is 2.90 bits per heavy atom. The summed E-state index contributed by atoms with van der Waals surface area (Å²) < 4.78 is 0. The second-order valence-corrected chi connectivity index (χ2v) is 4.74. The van der Waals surface area contributed by atoms with Crippen LogP contribution in [0.15, 0.2) is 5.38 Å². The largest absolute Gasteiger partial charge is 0.680 e. The van der Waals surface area contributed by atoms with E-state index in [1.54, 1.807) is 5.38 Å². The number of hydrogen-bond acceptors (Lipinski definition) is 5. The first kappa shape index (κ1) is 19.9. The van der Waals surface area contributed by atoms with E-state index in [4.69, 9.17) is 5.73 Å². The quantitative estimate of drug-likeness (QED) is 0.445. The average Bonchev–Trinajstić information content (AvgIpc) is 2.97. The number of aryl methyl sites for hydroxylation is 1. The Morgan fingerprint density at radius 2 is 2.29 bits per heavy atom. The van der Waals surface area contributed by atoms with Crippen molar-refractivity contribution in [1.82, 2.24) is 15.3 Å². The number of amides is 1. The topological polar surface area (TPSA) is 119 Å². The minimum atomic E-state index is -1.01. The molecule has 0 fully saturated rings. The van der Waals surface area contributed by atoms with Crippen molar-refractivity contribution in [3.05, 3.63) is 22.5 Å². The van der Waals surface area contributed by atoms with Crippen molar-refractivity contribution in [1.29, 1.82) is 0 Å². The molecule has 0 aromatic carbocycles. The first-order chi connectivity index (χ1) is 9.61. The molecule has 9 heteroatoms. The molecule has 2 aromatic rings. The van der Waals surface area contributed by atoms with Crippen LogP contribution >= 0.6 is 11.3 Å². The van der Waals surface area contributed by atoms with Gasteiger partial charge in [0.1, 0.15) is 23.2 Å². The third-order valence-electron chi connectivity index (χ3n) is 2.45. The van der Waals surface area contributed by atoms with Crippen molar-refractivity contribution < 1.29 is 35.8 Å². The number of carbonyl (C=O) groups is 2. The van der Waals surface area contributed by atoms with Gasteiger partial charge in [0.05, 0.1) is 11.1 Å². The molecule has 0 aliphatic carbocycles. The molecule has 7 nitrogen and oxygen atoms in total. The molecule has 2 rings (SSSR count). The van der Waals surface area contributed by atoms with E-state index in [-0.39, 0.29) is 39.8 Å². The van der Waals surface area contributed by atoms with Crippen LogP contribution in [-0.2, 0) is 25.9 Å². The average molecular weight is 481 g/mol. The number of hydrogen-bond donors (Lipinski definition) is 3. The van der Waals surface area contributed by atoms with Gasteiger partial charge in [0.2, 0.25) is 0 Å². The number of aromatic amines is 1. The number of imidazole rings is 1. The van der Waals surface area contributed by atoms with Crippen LogP contribution in [0, 0.1) is 6.92 Å². The summed E-state index contributed by atoms with van der Waals surface area (Å²) >= 11 is 1.37. The fourth-order valence-electron chi connectivity index (χ4n) is 1.61. The van der Waals surface area contributed by atoms with Gasteiger partial charge in [-0.3, -0.25) is 4.79 Å². The van der Waals surface area contributed by atoms with Gasteiger partial charge in [0.15, 0.2) is 0 Å². The summed E-state index contributed by atoms with van der Waals surface area (Å²) in [4.78, 5) is 30.1. The maximum absolute atomic E-state index is 11.9. The van der Waals surface area contributed by atoms with E-state index in [2.05, 4.69) is 15.3 Å². The predicted molar refractivity (Wildman–Crippen MR) is 77.7 cm³/mol. The van der Waals surface area contributed by atoms with Gasteiger partial charge in [-0.2, -0.15) is 7.05 Å². The Hall–Kier alpha value is -1.08. The van der Waals surface area contributed by atoms with Crippen molar-refractivity contribution in [2.75, 3.05) is 7.05 Å². The van der Waals surface area contributed by atoms with Gasteiger partial charge in [-0.05, 0) is 13.3 Å². The van der Waals surface area contributed by atoms with Crippen LogP contribution in [0.25, 0.3) is 16.1 Å². The Labute approximate surface area is 140 Å². The zero-order valence-corrected chi connectivity index (χ0v) is 15.4. The molecule has 0 saturated heterocycles. The van der Waals surface area contributed by atoms with Crippen LogP contribution < -0.4 is 5.32 Å². The summed E-state index contributed by atoms with van der Waals surface area (Å²) in [5, 5.41) is 13.6. The summed E-state index contributed by atoms with van der Waals surface area (Å²) in [7, 11) is 1.25. The standard InChI is InChI=1S/C11H13N3O3S.CH4N.W/c1-6-12-9-7(5-18-11(9)13-6)10(17)14-8(16)3-2-4-15;1-2;/h4-5,8,16H,2-3H2,1H3,(H,12,13)(H,14,17);2H,1H3;/q;-1;. The van der Waals surface area contributed by atoms with Crippen LogP contribution in [0.4, 0.5) is 0 Å². The number of nitrogens with one attached hydrogen (secondary N) is 3. The molecular formula is C12H17N4O3SW-. The van der Waals surface area contributed by atoms with E-state index >= 15 is 0 Å². The molecule has 0 aliphatic rings. The molecule has 4 N–H and O–H groups in total. The molecule has 1 amide bonds. The molecule has 21 heavy (non-hydrogen) atoms. The second-order valence-electron chi connectivity index (χ2n) is 3.89. The summed E-state index contributed by atoms with van der Waals surface area (Å²) in [5.74, 6) is 0.371. The third kappa shape index (κ3) is 5.32. The molecular weight excluding hydrogens is 464 g/mol. The molecule has 0 spiro atoms. The molecule has 2 heterocycles. The van der Waals surface area contributed by atoms with Crippen LogP contribution in [0.5, 0.6) is 0 Å². The Bertz CT molecular complexity index is 584. The number of carbonyl (C=O) groups excluding carboxylic acids is 2. The molecule has 2 aromatic heterocycles. The van der Waals surface area contributed by atoms with Crippen LogP contribution in [-0.4, -0.2) is 40.5 Å². The number of aliphatic hydroxyl groups excluding tert-OH is 1. The number of fused-ring (bicyclic) bond motifs is 1. The van der Waals surface area contributed by atoms with Gasteiger partial charge in [-0.25, -0.2) is 4.98 Å². The summed E-state index contributed by atoms with van der Waals surface area (Å²) in [6, 6.07) is 0. The van der Waals surface area contributed by atoms with Gasteiger partial charge in [0.25, 0.3) is 5.91 Å². The Kier molecular flexibility index (Phi) is 9.28. The van der Waals surface area contributed by atoms with Gasteiger partial charge in [-0.15, -0.1) is 11.3 Å². The van der Waals surface area contributed by atoms with Crippen molar-refractivity contribution in [3.8, 4) is 0 Å². The van der Waals surface area contributed by atoms with E-state index in [9.17, 15) is 14.7 Å². The van der Waals surface area contributed by atoms with E-state index in [1.165, 1.54) is 18.4 Å². The monoisotopic (exact) mass is 481 g/mol. The number of H-pyrrole nitrogens is 1. The number of aromatic nitrogens is 2. The summed E-state index contributed by atoms with van der Waals surface area (Å²) in [6.45, 7) is 1.81. The molecule has 1 unspecified atom stereocenters. The normalized spacial score (nSPS) is 11.0. The maximum Gasteiger partial charge on any atom is 0.256 e. The van der Waals surface area contributed by atoms with E-state index in [0.717, 1.165) is 10.7 Å². The van der Waals surface area contributed by atoms with Crippen LogP contribution in [0.2, 0.25) is 0 Å². The molecule has 1 atom stereocenters. The smallest absolute Gasteiger partial charge is 0.256 e. The molecule has 0 radical (unpaired) electrons. The molecule has 0 saturated carbocycles. The van der Waals surface area contributed by atoms with E-state index in [1.807, 2.05) is 6.92 Å². The number of rotatable bonds is 5. The molecule has 0 aliphatic heterocycles. The summed E-state index contributed by atoms with van der Waals surface area (Å²) in [6.07, 6.45) is 0.117. The fraction of sp³-hybridized carbons (Fsp3) is 0.417. The van der Waals surface area contributed by atoms with E-state index < -0.39 is 6.23 Å². The second kappa shape index (κ2) is 9.78. The molecule has 116 valence electrons. The van der Waals surface area contributed by atoms with Crippen molar-refractivity contribution >= 4 is 33.9 Å². The number of aldehydes is 1. The Morgan fingerprint density at radius 1 is 1.62 bits per heavy atom. The number of thiophene rings is 1. The van der Waals surface area contributed by atoms with Gasteiger partial charge in [-0.1, -0.05) is 0 Å². The zero-order valence-electron chi connectivity index (χ0n) is 11.7. The maximum atomic E-state index is 11.9. The first-order valence-electron chi connectivity index (χ1n) is 5.98. The minimum Gasteiger partial charge on any atom is -0.680 e. The molecule has 0 bridgehead atoms. The van der Waals surface area contributed by atoms with Crippen LogP contribution in [0.1, 0.15) is 29.0 Å². The number of nitrogens with zero attached hydrogens (tertiary/aromatic N) is 1. The van der Waals surface area contributed by atoms with Crippen LogP contribution in [0.3, 0.4) is 0 Å². The van der Waals surface area contributed by atoms with Gasteiger partial charge in [0, 0.05) is 32.9 Å². The van der Waals surface area contributed by atoms with E-state index in [0.29, 0.717) is 17.4 Å². The predicted octanol–water partition coefficient (Wildman–Crippen LogP) is 1.63. The minimum absolute atomic E-state index is 0. The van der Waals surface area contributed by atoms with Gasteiger partial charge >= 0.3 is 0 Å². The Balaban J connectivity index is 0.00000128. The first-order valence-corrected chi connectivity index (χ1v) is 6.86. The number of aliphatic hydroxyl groups is 1. The fourth-order valence-corrected chi connectivity index (χ4v) is 2.53. The SMILES string of the molecule is C[NH-].Cc1nc2scc(C(=O)NC(O)CCC=O)c2[nH]1.[W].